The maximum atomic E-state index is 13.9. The first-order valence-electron chi connectivity index (χ1n) is 6.18. The molecule has 2 aromatic rings. The van der Waals surface area contributed by atoms with E-state index in [-0.39, 0.29) is 11.9 Å². The molecule has 0 aromatic heterocycles. The standard InChI is InChI=1S/C15H16BrFN2O/c1-20-13-6-3-10(4-7-13)15(19-18)8-11-2-5-12(16)9-14(11)17/h2-7,9,15,19H,8,18H2,1H3. The van der Waals surface area contributed by atoms with Crippen LogP contribution < -0.4 is 16.0 Å². The van der Waals surface area contributed by atoms with Gasteiger partial charge in [0.15, 0.2) is 0 Å². The number of methoxy groups -OCH3 is 1. The molecule has 0 radical (unpaired) electrons. The normalized spacial score (nSPS) is 12.2. The summed E-state index contributed by atoms with van der Waals surface area (Å²) in [6.45, 7) is 0. The first-order valence-corrected chi connectivity index (χ1v) is 6.97. The Morgan fingerprint density at radius 2 is 1.95 bits per heavy atom. The fourth-order valence-electron chi connectivity index (χ4n) is 2.02. The first-order chi connectivity index (χ1) is 9.63. The second-order valence-corrected chi connectivity index (χ2v) is 5.35. The van der Waals surface area contributed by atoms with E-state index in [9.17, 15) is 4.39 Å². The molecule has 0 spiro atoms. The Morgan fingerprint density at radius 3 is 2.50 bits per heavy atom. The van der Waals surface area contributed by atoms with Crippen molar-refractivity contribution in [2.45, 2.75) is 12.5 Å². The van der Waals surface area contributed by atoms with Crippen LogP contribution in [0.25, 0.3) is 0 Å². The lowest BCUT2D eigenvalue weighted by Gasteiger charge is -2.17. The molecule has 0 aliphatic heterocycles. The van der Waals surface area contributed by atoms with Gasteiger partial charge >= 0.3 is 0 Å². The third-order valence-electron chi connectivity index (χ3n) is 3.16. The van der Waals surface area contributed by atoms with Crippen LogP contribution in [0.3, 0.4) is 0 Å². The van der Waals surface area contributed by atoms with E-state index in [0.717, 1.165) is 15.8 Å². The Labute approximate surface area is 126 Å². The molecule has 0 bridgehead atoms. The Morgan fingerprint density at radius 1 is 1.25 bits per heavy atom. The highest BCUT2D eigenvalue weighted by molar-refractivity contribution is 9.10. The number of hydrogen-bond acceptors (Lipinski definition) is 3. The fraction of sp³-hybridized carbons (Fsp3) is 0.200. The molecule has 106 valence electrons. The number of benzene rings is 2. The van der Waals surface area contributed by atoms with Gasteiger partial charge in [0, 0.05) is 4.47 Å². The van der Waals surface area contributed by atoms with Gasteiger partial charge in [0.25, 0.3) is 0 Å². The van der Waals surface area contributed by atoms with Gasteiger partial charge in [-0.25, -0.2) is 4.39 Å². The summed E-state index contributed by atoms with van der Waals surface area (Å²) in [5.41, 5.74) is 4.33. The average Bonchev–Trinajstić information content (AvgIpc) is 2.47. The van der Waals surface area contributed by atoms with E-state index in [1.165, 1.54) is 6.07 Å². The van der Waals surface area contributed by atoms with Crippen molar-refractivity contribution < 1.29 is 9.13 Å². The quantitative estimate of drug-likeness (QED) is 0.649. The van der Waals surface area contributed by atoms with Gasteiger partial charge in [-0.15, -0.1) is 0 Å². The summed E-state index contributed by atoms with van der Waals surface area (Å²) in [5, 5.41) is 0. The summed E-state index contributed by atoms with van der Waals surface area (Å²) in [6.07, 6.45) is 0.474. The van der Waals surface area contributed by atoms with E-state index >= 15 is 0 Å². The zero-order valence-corrected chi connectivity index (χ0v) is 12.7. The second kappa shape index (κ2) is 6.83. The van der Waals surface area contributed by atoms with Crippen LogP contribution in [0.2, 0.25) is 0 Å². The lowest BCUT2D eigenvalue weighted by atomic mass is 9.99. The Bertz CT molecular complexity index is 575. The third-order valence-corrected chi connectivity index (χ3v) is 3.65. The molecule has 0 amide bonds. The molecule has 0 aliphatic rings. The van der Waals surface area contributed by atoms with Crippen molar-refractivity contribution >= 4 is 15.9 Å². The van der Waals surface area contributed by atoms with Crippen LogP contribution in [0.15, 0.2) is 46.9 Å². The number of hydrazine groups is 1. The fourth-order valence-corrected chi connectivity index (χ4v) is 2.35. The summed E-state index contributed by atoms with van der Waals surface area (Å²) in [4.78, 5) is 0. The Balaban J connectivity index is 2.19. The van der Waals surface area contributed by atoms with Crippen LogP contribution in [-0.2, 0) is 6.42 Å². The van der Waals surface area contributed by atoms with Crippen molar-refractivity contribution in [1.29, 1.82) is 0 Å². The maximum Gasteiger partial charge on any atom is 0.127 e. The van der Waals surface area contributed by atoms with Gasteiger partial charge < -0.3 is 4.74 Å². The summed E-state index contributed by atoms with van der Waals surface area (Å²) in [5.74, 6) is 6.12. The Kier molecular flexibility index (Phi) is 5.11. The highest BCUT2D eigenvalue weighted by atomic mass is 79.9. The number of rotatable bonds is 5. The molecule has 0 heterocycles. The van der Waals surface area contributed by atoms with E-state index in [2.05, 4.69) is 21.4 Å². The predicted molar refractivity (Wildman–Crippen MR) is 80.9 cm³/mol. The molecular formula is C15H16BrFN2O. The van der Waals surface area contributed by atoms with Crippen molar-refractivity contribution in [3.8, 4) is 5.75 Å². The summed E-state index contributed by atoms with van der Waals surface area (Å²) >= 11 is 3.25. The molecule has 2 aromatic carbocycles. The molecule has 2 rings (SSSR count). The maximum absolute atomic E-state index is 13.9. The highest BCUT2D eigenvalue weighted by Gasteiger charge is 2.13. The largest absolute Gasteiger partial charge is 0.497 e. The van der Waals surface area contributed by atoms with Crippen LogP contribution in [0, 0.1) is 5.82 Å². The lowest BCUT2D eigenvalue weighted by molar-refractivity contribution is 0.414. The summed E-state index contributed by atoms with van der Waals surface area (Å²) in [7, 11) is 1.62. The molecule has 0 saturated carbocycles. The van der Waals surface area contributed by atoms with Crippen LogP contribution in [0.1, 0.15) is 17.2 Å². The zero-order valence-electron chi connectivity index (χ0n) is 11.1. The smallest absolute Gasteiger partial charge is 0.127 e. The van der Waals surface area contributed by atoms with E-state index in [1.54, 1.807) is 13.2 Å². The molecule has 1 atom stereocenters. The van der Waals surface area contributed by atoms with Crippen molar-refractivity contribution in [3.05, 3.63) is 63.9 Å². The molecule has 3 nitrogen and oxygen atoms in total. The summed E-state index contributed by atoms with van der Waals surface area (Å²) in [6, 6.07) is 12.4. The van der Waals surface area contributed by atoms with Gasteiger partial charge in [0.2, 0.25) is 0 Å². The average molecular weight is 339 g/mol. The minimum atomic E-state index is -0.242. The van der Waals surface area contributed by atoms with E-state index in [4.69, 9.17) is 10.6 Å². The van der Waals surface area contributed by atoms with Crippen molar-refractivity contribution in [3.63, 3.8) is 0 Å². The number of hydrogen-bond donors (Lipinski definition) is 2. The molecular weight excluding hydrogens is 323 g/mol. The van der Waals surface area contributed by atoms with Crippen LogP contribution in [0.5, 0.6) is 5.75 Å². The van der Waals surface area contributed by atoms with Crippen molar-refractivity contribution in [2.24, 2.45) is 5.84 Å². The first kappa shape index (κ1) is 15.0. The third kappa shape index (κ3) is 3.56. The number of nitrogens with two attached hydrogens (primary N) is 1. The minimum Gasteiger partial charge on any atom is -0.497 e. The predicted octanol–water partition coefficient (Wildman–Crippen LogP) is 3.34. The van der Waals surface area contributed by atoms with Crippen LogP contribution in [0.4, 0.5) is 4.39 Å². The van der Waals surface area contributed by atoms with Gasteiger partial charge in [-0.3, -0.25) is 11.3 Å². The lowest BCUT2D eigenvalue weighted by Crippen LogP contribution is -2.29. The second-order valence-electron chi connectivity index (χ2n) is 4.43. The van der Waals surface area contributed by atoms with E-state index < -0.39 is 0 Å². The number of ether oxygens (including phenoxy) is 1. The topological polar surface area (TPSA) is 47.3 Å². The Hall–Kier alpha value is -1.43. The molecule has 0 fully saturated rings. The molecule has 5 heteroatoms. The van der Waals surface area contributed by atoms with Gasteiger partial charge in [-0.1, -0.05) is 34.1 Å². The summed E-state index contributed by atoms with van der Waals surface area (Å²) < 4.78 is 19.7. The van der Waals surface area contributed by atoms with E-state index in [1.807, 2.05) is 30.3 Å². The molecule has 0 aliphatic carbocycles. The number of halogens is 2. The zero-order chi connectivity index (χ0) is 14.5. The molecule has 3 N–H and O–H groups in total. The van der Waals surface area contributed by atoms with Gasteiger partial charge in [-0.05, 0) is 41.8 Å². The minimum absolute atomic E-state index is 0.156. The highest BCUT2D eigenvalue weighted by Crippen LogP contribution is 2.23. The SMILES string of the molecule is COc1ccc(C(Cc2ccc(Br)cc2F)NN)cc1. The van der Waals surface area contributed by atoms with Gasteiger partial charge in [0.05, 0.1) is 13.2 Å². The van der Waals surface area contributed by atoms with Crippen LogP contribution >= 0.6 is 15.9 Å². The molecule has 20 heavy (non-hydrogen) atoms. The number of nitrogens with one attached hydrogen (secondary N) is 1. The van der Waals surface area contributed by atoms with Gasteiger partial charge in [0.1, 0.15) is 11.6 Å². The van der Waals surface area contributed by atoms with Crippen molar-refractivity contribution in [2.75, 3.05) is 7.11 Å². The van der Waals surface area contributed by atoms with Crippen LogP contribution in [-0.4, -0.2) is 7.11 Å². The molecule has 0 saturated heterocycles. The molecule has 1 unspecified atom stereocenters. The van der Waals surface area contributed by atoms with E-state index in [0.29, 0.717) is 12.0 Å². The monoisotopic (exact) mass is 338 g/mol. The van der Waals surface area contributed by atoms with Crippen molar-refractivity contribution in [1.82, 2.24) is 5.43 Å². The van der Waals surface area contributed by atoms with Gasteiger partial charge in [-0.2, -0.15) is 0 Å².